The van der Waals surface area contributed by atoms with Crippen LogP contribution in [0.1, 0.15) is 12.8 Å². The molecule has 1 aromatic carbocycles. The Bertz CT molecular complexity index is 820. The molecule has 0 bridgehead atoms. The van der Waals surface area contributed by atoms with Crippen LogP contribution in [0.4, 0.5) is 21.8 Å². The predicted molar refractivity (Wildman–Crippen MR) is 104 cm³/mol. The van der Waals surface area contributed by atoms with Crippen molar-refractivity contribution in [2.75, 3.05) is 49.6 Å². The Morgan fingerprint density at radius 1 is 1.11 bits per heavy atom. The van der Waals surface area contributed by atoms with Crippen LogP contribution in [-0.2, 0) is 9.53 Å². The number of para-hydroxylation sites is 1. The number of halogens is 1. The maximum Gasteiger partial charge on any atom is 0.227 e. The zero-order valence-electron chi connectivity index (χ0n) is 15.7. The number of carbonyl (C=O) groups is 1. The molecule has 1 aromatic heterocycles. The van der Waals surface area contributed by atoms with Gasteiger partial charge < -0.3 is 19.9 Å². The normalized spacial score (nSPS) is 18.2. The van der Waals surface area contributed by atoms with Gasteiger partial charge in [0.1, 0.15) is 11.6 Å². The van der Waals surface area contributed by atoms with E-state index in [2.05, 4.69) is 20.2 Å². The first-order chi connectivity index (χ1) is 13.7. The second-order valence-corrected chi connectivity index (χ2v) is 7.05. The Morgan fingerprint density at radius 2 is 1.86 bits per heavy atom. The highest BCUT2D eigenvalue weighted by Gasteiger charge is 2.30. The van der Waals surface area contributed by atoms with Crippen molar-refractivity contribution in [3.63, 3.8) is 0 Å². The van der Waals surface area contributed by atoms with E-state index in [1.54, 1.807) is 30.5 Å². The van der Waals surface area contributed by atoms with E-state index in [-0.39, 0.29) is 17.6 Å². The standard InChI is InChI=1S/C20H24FN5O2/c21-16-3-1-2-4-17(16)23-18-5-8-22-20(24-18)26-9-6-15(7-10-26)19(27)25-11-13-28-14-12-25/h1-5,8,15H,6-7,9-14H2,(H,22,23,24). The fourth-order valence-corrected chi connectivity index (χ4v) is 3.64. The molecule has 2 aliphatic heterocycles. The number of anilines is 3. The minimum absolute atomic E-state index is 0.0501. The van der Waals surface area contributed by atoms with Crippen molar-refractivity contribution in [2.45, 2.75) is 12.8 Å². The van der Waals surface area contributed by atoms with Crippen LogP contribution in [0, 0.1) is 11.7 Å². The molecule has 1 amide bonds. The molecular formula is C20H24FN5O2. The molecule has 2 aromatic rings. The van der Waals surface area contributed by atoms with Gasteiger partial charge in [0.15, 0.2) is 0 Å². The Kier molecular flexibility index (Phi) is 5.66. The molecule has 2 aliphatic rings. The maximum atomic E-state index is 13.8. The van der Waals surface area contributed by atoms with Crippen molar-refractivity contribution in [3.8, 4) is 0 Å². The lowest BCUT2D eigenvalue weighted by molar-refractivity contribution is -0.140. The zero-order valence-corrected chi connectivity index (χ0v) is 15.7. The van der Waals surface area contributed by atoms with Gasteiger partial charge in [-0.2, -0.15) is 4.98 Å². The predicted octanol–water partition coefficient (Wildman–Crippen LogP) is 2.43. The molecule has 2 saturated heterocycles. The van der Waals surface area contributed by atoms with Crippen molar-refractivity contribution in [1.29, 1.82) is 0 Å². The minimum atomic E-state index is -0.329. The average molecular weight is 385 g/mol. The summed E-state index contributed by atoms with van der Waals surface area (Å²) in [6.45, 7) is 4.08. The zero-order chi connectivity index (χ0) is 19.3. The molecule has 0 radical (unpaired) electrons. The highest BCUT2D eigenvalue weighted by Crippen LogP contribution is 2.24. The van der Waals surface area contributed by atoms with Crippen LogP contribution in [0.3, 0.4) is 0 Å². The van der Waals surface area contributed by atoms with Gasteiger partial charge in [-0.3, -0.25) is 4.79 Å². The molecule has 4 rings (SSSR count). The number of carbonyl (C=O) groups excluding carboxylic acids is 1. The Balaban J connectivity index is 1.37. The number of hydrogen-bond acceptors (Lipinski definition) is 6. The molecule has 8 heteroatoms. The van der Waals surface area contributed by atoms with Gasteiger partial charge in [0, 0.05) is 38.3 Å². The van der Waals surface area contributed by atoms with Crippen LogP contribution in [0.2, 0.25) is 0 Å². The molecule has 0 atom stereocenters. The van der Waals surface area contributed by atoms with Gasteiger partial charge in [-0.25, -0.2) is 9.37 Å². The lowest BCUT2D eigenvalue weighted by Gasteiger charge is -2.35. The topological polar surface area (TPSA) is 70.6 Å². The van der Waals surface area contributed by atoms with Crippen molar-refractivity contribution in [3.05, 3.63) is 42.3 Å². The number of aromatic nitrogens is 2. The van der Waals surface area contributed by atoms with E-state index in [1.807, 2.05) is 4.90 Å². The lowest BCUT2D eigenvalue weighted by atomic mass is 9.95. The smallest absolute Gasteiger partial charge is 0.227 e. The largest absolute Gasteiger partial charge is 0.378 e. The SMILES string of the molecule is O=C(C1CCN(c2nccc(Nc3ccccc3F)n2)CC1)N1CCOCC1. The van der Waals surface area contributed by atoms with E-state index in [0.29, 0.717) is 43.8 Å². The summed E-state index contributed by atoms with van der Waals surface area (Å²) in [5.41, 5.74) is 0.377. The number of morpholine rings is 1. The average Bonchev–Trinajstić information content (AvgIpc) is 2.76. The fraction of sp³-hybridized carbons (Fsp3) is 0.450. The second kappa shape index (κ2) is 8.52. The quantitative estimate of drug-likeness (QED) is 0.872. The van der Waals surface area contributed by atoms with Gasteiger partial charge in [-0.05, 0) is 31.0 Å². The van der Waals surface area contributed by atoms with Gasteiger partial charge in [0.05, 0.1) is 18.9 Å². The number of ether oxygens (including phenoxy) is 1. The van der Waals surface area contributed by atoms with E-state index in [9.17, 15) is 9.18 Å². The number of amides is 1. The first kappa shape index (κ1) is 18.6. The number of nitrogens with zero attached hydrogens (tertiary/aromatic N) is 4. The van der Waals surface area contributed by atoms with Gasteiger partial charge in [-0.15, -0.1) is 0 Å². The summed E-state index contributed by atoms with van der Waals surface area (Å²) in [6, 6.07) is 8.20. The van der Waals surface area contributed by atoms with E-state index >= 15 is 0 Å². The first-order valence-electron chi connectivity index (χ1n) is 9.67. The number of nitrogens with one attached hydrogen (secondary N) is 1. The van der Waals surface area contributed by atoms with Crippen LogP contribution < -0.4 is 10.2 Å². The van der Waals surface area contributed by atoms with Gasteiger partial charge >= 0.3 is 0 Å². The van der Waals surface area contributed by atoms with Gasteiger partial charge in [0.25, 0.3) is 0 Å². The van der Waals surface area contributed by atoms with E-state index in [4.69, 9.17) is 4.74 Å². The highest BCUT2D eigenvalue weighted by atomic mass is 19.1. The molecule has 0 aliphatic carbocycles. The summed E-state index contributed by atoms with van der Waals surface area (Å²) in [6.07, 6.45) is 3.23. The Morgan fingerprint density at radius 3 is 2.61 bits per heavy atom. The lowest BCUT2D eigenvalue weighted by Crippen LogP contribution is -2.47. The maximum absolute atomic E-state index is 13.8. The van der Waals surface area contributed by atoms with Crippen molar-refractivity contribution < 1.29 is 13.9 Å². The summed E-state index contributed by atoms with van der Waals surface area (Å²) in [5.74, 6) is 1.10. The molecule has 2 fully saturated rings. The van der Waals surface area contributed by atoms with E-state index in [0.717, 1.165) is 25.9 Å². The molecule has 0 saturated carbocycles. The van der Waals surface area contributed by atoms with Crippen molar-refractivity contribution in [1.82, 2.24) is 14.9 Å². The van der Waals surface area contributed by atoms with Crippen molar-refractivity contribution >= 4 is 23.4 Å². The van der Waals surface area contributed by atoms with Crippen LogP contribution in [0.15, 0.2) is 36.5 Å². The molecule has 148 valence electrons. The molecule has 0 spiro atoms. The van der Waals surface area contributed by atoms with Crippen LogP contribution in [0.5, 0.6) is 0 Å². The molecule has 7 nitrogen and oxygen atoms in total. The molecule has 1 N–H and O–H groups in total. The van der Waals surface area contributed by atoms with Gasteiger partial charge in [-0.1, -0.05) is 12.1 Å². The van der Waals surface area contributed by atoms with Crippen LogP contribution >= 0.6 is 0 Å². The molecular weight excluding hydrogens is 361 g/mol. The van der Waals surface area contributed by atoms with Crippen LogP contribution in [0.25, 0.3) is 0 Å². The summed E-state index contributed by atoms with van der Waals surface area (Å²) < 4.78 is 19.2. The number of benzene rings is 1. The Labute approximate surface area is 163 Å². The summed E-state index contributed by atoms with van der Waals surface area (Å²) >= 11 is 0. The first-order valence-corrected chi connectivity index (χ1v) is 9.67. The number of rotatable bonds is 4. The number of hydrogen-bond donors (Lipinski definition) is 1. The van der Waals surface area contributed by atoms with Crippen LogP contribution in [-0.4, -0.2) is 60.2 Å². The van der Waals surface area contributed by atoms with Gasteiger partial charge in [0.2, 0.25) is 11.9 Å². The second-order valence-electron chi connectivity index (χ2n) is 7.05. The van der Waals surface area contributed by atoms with Crippen molar-refractivity contribution in [2.24, 2.45) is 5.92 Å². The van der Waals surface area contributed by atoms with E-state index < -0.39 is 0 Å². The minimum Gasteiger partial charge on any atom is -0.378 e. The number of piperidine rings is 1. The fourth-order valence-electron chi connectivity index (χ4n) is 3.64. The molecule has 3 heterocycles. The highest BCUT2D eigenvalue weighted by molar-refractivity contribution is 5.79. The van der Waals surface area contributed by atoms with E-state index in [1.165, 1.54) is 6.07 Å². The summed E-state index contributed by atoms with van der Waals surface area (Å²) in [5, 5.41) is 3.00. The molecule has 28 heavy (non-hydrogen) atoms. The molecule has 0 unspecified atom stereocenters. The third-order valence-corrected chi connectivity index (χ3v) is 5.23. The summed E-state index contributed by atoms with van der Waals surface area (Å²) in [7, 11) is 0. The summed E-state index contributed by atoms with van der Waals surface area (Å²) in [4.78, 5) is 25.5. The Hall–Kier alpha value is -2.74. The monoisotopic (exact) mass is 385 g/mol. The third-order valence-electron chi connectivity index (χ3n) is 5.23. The third kappa shape index (κ3) is 4.22.